The minimum Gasteiger partial charge on any atom is -0.368 e. The molecule has 3 aromatic rings. The van der Waals surface area contributed by atoms with Crippen molar-refractivity contribution in [1.29, 1.82) is 5.26 Å². The van der Waals surface area contributed by atoms with Crippen LogP contribution in [0.4, 0.5) is 22.0 Å². The van der Waals surface area contributed by atoms with Crippen LogP contribution < -0.4 is 15.1 Å². The van der Waals surface area contributed by atoms with Gasteiger partial charge in [-0.15, -0.1) is 0 Å². The summed E-state index contributed by atoms with van der Waals surface area (Å²) < 4.78 is 0. The second kappa shape index (κ2) is 8.07. The van der Waals surface area contributed by atoms with Crippen LogP contribution in [-0.2, 0) is 0 Å². The zero-order valence-corrected chi connectivity index (χ0v) is 17.0. The number of benzene rings is 1. The van der Waals surface area contributed by atoms with E-state index >= 15 is 0 Å². The van der Waals surface area contributed by atoms with Crippen LogP contribution in [0.15, 0.2) is 60.9 Å². The second-order valence-electron chi connectivity index (χ2n) is 7.85. The normalized spacial score (nSPS) is 17.3. The van der Waals surface area contributed by atoms with Gasteiger partial charge in [0, 0.05) is 30.9 Å². The lowest BCUT2D eigenvalue weighted by atomic mass is 10.1. The Bertz CT molecular complexity index is 1160. The Morgan fingerprint density at radius 2 is 2.06 bits per heavy atom. The minimum absolute atomic E-state index is 0.0797. The zero-order valence-electron chi connectivity index (χ0n) is 17.0. The molecule has 0 unspecified atom stereocenters. The Morgan fingerprint density at radius 1 is 1.13 bits per heavy atom. The first kappa shape index (κ1) is 19.1. The van der Waals surface area contributed by atoms with E-state index in [0.29, 0.717) is 17.1 Å². The molecule has 1 saturated heterocycles. The number of anilines is 3. The fourth-order valence-corrected chi connectivity index (χ4v) is 4.41. The summed E-state index contributed by atoms with van der Waals surface area (Å²) in [6.45, 7) is 1.87. The first-order valence-electron chi connectivity index (χ1n) is 10.5. The Kier molecular flexibility index (Phi) is 4.97. The zero-order chi connectivity index (χ0) is 21.2. The Morgan fingerprint density at radius 3 is 2.90 bits per heavy atom. The molecule has 0 aliphatic carbocycles. The molecule has 2 aliphatic rings. The van der Waals surface area contributed by atoms with Crippen molar-refractivity contribution in [2.24, 2.45) is 0 Å². The third-order valence-corrected chi connectivity index (χ3v) is 5.91. The molecule has 1 fully saturated rings. The number of nitrogens with one attached hydrogen (secondary N) is 1. The van der Waals surface area contributed by atoms with Gasteiger partial charge in [-0.05, 0) is 55.7 Å². The van der Waals surface area contributed by atoms with E-state index in [1.807, 2.05) is 35.2 Å². The number of amides is 2. The quantitative estimate of drug-likeness (QED) is 0.676. The molecule has 154 valence electrons. The van der Waals surface area contributed by atoms with Crippen LogP contribution in [-0.4, -0.2) is 35.1 Å². The summed E-state index contributed by atoms with van der Waals surface area (Å²) in [5.74, 6) is 0.670. The van der Waals surface area contributed by atoms with Gasteiger partial charge in [-0.1, -0.05) is 12.1 Å². The highest BCUT2D eigenvalue weighted by Gasteiger charge is 2.35. The summed E-state index contributed by atoms with van der Waals surface area (Å²) >= 11 is 0. The summed E-state index contributed by atoms with van der Waals surface area (Å²) in [6.07, 6.45) is 6.19. The van der Waals surface area contributed by atoms with E-state index < -0.39 is 0 Å². The van der Waals surface area contributed by atoms with E-state index in [2.05, 4.69) is 27.3 Å². The van der Waals surface area contributed by atoms with Crippen molar-refractivity contribution in [3.63, 3.8) is 0 Å². The van der Waals surface area contributed by atoms with Gasteiger partial charge in [-0.3, -0.25) is 9.88 Å². The van der Waals surface area contributed by atoms with Crippen molar-refractivity contribution in [2.75, 3.05) is 28.2 Å². The summed E-state index contributed by atoms with van der Waals surface area (Å²) in [5, 5.41) is 12.2. The maximum absolute atomic E-state index is 13.4. The van der Waals surface area contributed by atoms with Crippen LogP contribution in [0, 0.1) is 11.3 Å². The first-order valence-corrected chi connectivity index (χ1v) is 10.5. The van der Waals surface area contributed by atoms with Gasteiger partial charge in [0.15, 0.2) is 5.82 Å². The van der Waals surface area contributed by atoms with E-state index in [0.717, 1.165) is 49.3 Å². The number of rotatable bonds is 2. The number of hydrogen-bond donors (Lipinski definition) is 1. The molecule has 31 heavy (non-hydrogen) atoms. The van der Waals surface area contributed by atoms with Gasteiger partial charge in [0.25, 0.3) is 0 Å². The van der Waals surface area contributed by atoms with Crippen LogP contribution in [0.3, 0.4) is 0 Å². The maximum Gasteiger partial charge on any atom is 0.327 e. The van der Waals surface area contributed by atoms with Crippen LogP contribution in [0.1, 0.15) is 24.8 Å². The molecular weight excluding hydrogens is 388 g/mol. The number of carbonyl (C=O) groups excluding carboxylic acids is 1. The molecule has 2 bridgehead atoms. The number of pyridine rings is 2. The number of carbonyl (C=O) groups is 1. The molecule has 4 heterocycles. The van der Waals surface area contributed by atoms with Crippen molar-refractivity contribution >= 4 is 23.2 Å². The molecule has 7 nitrogen and oxygen atoms in total. The van der Waals surface area contributed by atoms with Gasteiger partial charge < -0.3 is 10.2 Å². The molecule has 0 spiro atoms. The Labute approximate surface area is 181 Å². The standard InChI is InChI=1S/C24H22N6O/c25-15-17-4-1-5-18(14-17)21-8-9-22-23(28-21)30(20-7-3-12-29(22)13-10-20)24(31)27-19-6-2-11-26-16-19/h1-2,4-6,8-9,11,14,16,20H,3,7,10,12-13H2,(H,27,31)/t20-/m1/s1. The third kappa shape index (κ3) is 3.68. The highest BCUT2D eigenvalue weighted by Crippen LogP contribution is 2.38. The van der Waals surface area contributed by atoms with E-state index in [1.54, 1.807) is 24.5 Å². The lowest BCUT2D eigenvalue weighted by Crippen LogP contribution is -2.43. The molecule has 2 amide bonds. The molecule has 2 aliphatic heterocycles. The van der Waals surface area contributed by atoms with E-state index in [9.17, 15) is 10.1 Å². The number of aromatic nitrogens is 2. The van der Waals surface area contributed by atoms with Crippen molar-refractivity contribution in [3.8, 4) is 17.3 Å². The Balaban J connectivity index is 1.59. The fraction of sp³-hybridized carbons (Fsp3) is 0.250. The van der Waals surface area contributed by atoms with Crippen molar-refractivity contribution in [1.82, 2.24) is 9.97 Å². The molecule has 7 heteroatoms. The number of nitrogens with zero attached hydrogens (tertiary/aromatic N) is 5. The largest absolute Gasteiger partial charge is 0.368 e. The average Bonchev–Trinajstić information content (AvgIpc) is 3.13. The highest BCUT2D eigenvalue weighted by molar-refractivity contribution is 6.04. The maximum atomic E-state index is 13.4. The van der Waals surface area contributed by atoms with Gasteiger partial charge in [-0.25, -0.2) is 9.78 Å². The summed E-state index contributed by atoms with van der Waals surface area (Å²) in [4.78, 5) is 26.6. The molecule has 0 radical (unpaired) electrons. The highest BCUT2D eigenvalue weighted by atomic mass is 16.2. The summed E-state index contributed by atoms with van der Waals surface area (Å²) in [5.41, 5.74) is 3.82. The molecule has 1 aromatic carbocycles. The number of fused-ring (bicyclic) bond motifs is 5. The predicted octanol–water partition coefficient (Wildman–Crippen LogP) is 4.43. The van der Waals surface area contributed by atoms with Crippen LogP contribution in [0.5, 0.6) is 0 Å². The smallest absolute Gasteiger partial charge is 0.327 e. The van der Waals surface area contributed by atoms with Crippen molar-refractivity contribution in [2.45, 2.75) is 25.3 Å². The molecule has 1 N–H and O–H groups in total. The van der Waals surface area contributed by atoms with E-state index in [1.165, 1.54) is 0 Å². The van der Waals surface area contributed by atoms with E-state index in [-0.39, 0.29) is 12.1 Å². The molecule has 2 aromatic heterocycles. The minimum atomic E-state index is -0.196. The average molecular weight is 410 g/mol. The van der Waals surface area contributed by atoms with Crippen molar-refractivity contribution < 1.29 is 4.79 Å². The summed E-state index contributed by atoms with van der Waals surface area (Å²) in [6, 6.07) is 17.1. The molecule has 5 rings (SSSR count). The van der Waals surface area contributed by atoms with Crippen LogP contribution >= 0.6 is 0 Å². The lowest BCUT2D eigenvalue weighted by molar-refractivity contribution is 0.254. The van der Waals surface area contributed by atoms with Crippen LogP contribution in [0.25, 0.3) is 11.3 Å². The van der Waals surface area contributed by atoms with Gasteiger partial charge in [0.1, 0.15) is 0 Å². The number of urea groups is 1. The van der Waals surface area contributed by atoms with Crippen molar-refractivity contribution in [3.05, 3.63) is 66.5 Å². The molecule has 1 atom stereocenters. The Hall–Kier alpha value is -3.92. The topological polar surface area (TPSA) is 85.1 Å². The summed E-state index contributed by atoms with van der Waals surface area (Å²) in [7, 11) is 0. The lowest BCUT2D eigenvalue weighted by Gasteiger charge is -2.32. The fourth-order valence-electron chi connectivity index (χ4n) is 4.41. The molecule has 0 saturated carbocycles. The van der Waals surface area contributed by atoms with Gasteiger partial charge in [-0.2, -0.15) is 5.26 Å². The third-order valence-electron chi connectivity index (χ3n) is 5.91. The predicted molar refractivity (Wildman–Crippen MR) is 120 cm³/mol. The van der Waals surface area contributed by atoms with Gasteiger partial charge >= 0.3 is 6.03 Å². The number of hydrogen-bond acceptors (Lipinski definition) is 5. The molecular formula is C24H22N6O. The van der Waals surface area contributed by atoms with Gasteiger partial charge in [0.2, 0.25) is 0 Å². The SMILES string of the molecule is N#Cc1cccc(-c2ccc3c(n2)N(C(=O)Nc2cccnc2)[C@@H]2CCCN3CC2)c1. The first-order chi connectivity index (χ1) is 15.2. The van der Waals surface area contributed by atoms with Crippen LogP contribution in [0.2, 0.25) is 0 Å². The van der Waals surface area contributed by atoms with Gasteiger partial charge in [0.05, 0.1) is 34.9 Å². The van der Waals surface area contributed by atoms with E-state index in [4.69, 9.17) is 4.98 Å². The number of nitriles is 1. The second-order valence-corrected chi connectivity index (χ2v) is 7.85. The monoisotopic (exact) mass is 410 g/mol.